The molecule has 0 saturated carbocycles. The maximum Gasteiger partial charge on any atom is 0.302 e. The lowest BCUT2D eigenvalue weighted by atomic mass is 10.6. The van der Waals surface area contributed by atoms with Crippen LogP contribution in [0, 0.1) is 0 Å². The molecule has 0 rings (SSSR count). The monoisotopic (exact) mass is 190 g/mol. The number of Topliss-reactive ketones (excluding diaryl/α,β-unsaturated/α-hetero) is 2. The highest BCUT2D eigenvalue weighted by molar-refractivity contribution is 5.72. The molecule has 0 aromatic carbocycles. The third kappa shape index (κ3) is 1280. The predicted octanol–water partition coefficient (Wildman–Crippen LogP) is 1.37. The minimum Gasteiger partial charge on any atom is -0.469 e. The number of esters is 1. The Morgan fingerprint density at radius 2 is 0.846 bits per heavy atom. The van der Waals surface area contributed by atoms with Crippen molar-refractivity contribution in [3.8, 4) is 0 Å². The third-order valence-corrected chi connectivity index (χ3v) is 0.287. The molecule has 0 heterocycles. The summed E-state index contributed by atoms with van der Waals surface area (Å²) >= 11 is 0. The number of rotatable bonds is 0. The SMILES string of the molecule is CC(C)=O.CC(C)=O.COC(C)=O. The summed E-state index contributed by atoms with van der Waals surface area (Å²) < 4.78 is 4.11. The summed E-state index contributed by atoms with van der Waals surface area (Å²) in [6.45, 7) is 7.47. The molecule has 0 atom stereocenters. The Morgan fingerprint density at radius 1 is 0.769 bits per heavy atom. The van der Waals surface area contributed by atoms with E-state index in [9.17, 15) is 14.4 Å². The second kappa shape index (κ2) is 13.4. The van der Waals surface area contributed by atoms with E-state index in [-0.39, 0.29) is 17.5 Å². The van der Waals surface area contributed by atoms with Crippen LogP contribution in [0.1, 0.15) is 34.6 Å². The van der Waals surface area contributed by atoms with Gasteiger partial charge >= 0.3 is 5.97 Å². The molecule has 0 spiro atoms. The second-order valence-electron chi connectivity index (χ2n) is 2.51. The van der Waals surface area contributed by atoms with E-state index < -0.39 is 0 Å². The van der Waals surface area contributed by atoms with Crippen molar-refractivity contribution in [2.24, 2.45) is 0 Å². The van der Waals surface area contributed by atoms with Gasteiger partial charge in [-0.1, -0.05) is 0 Å². The summed E-state index contributed by atoms with van der Waals surface area (Å²) in [5.41, 5.74) is 0. The zero-order chi connectivity index (χ0) is 11.4. The molecule has 0 saturated heterocycles. The minimum atomic E-state index is -0.245. The molecule has 0 fully saturated rings. The summed E-state index contributed by atoms with van der Waals surface area (Å²) in [6, 6.07) is 0. The number of ketones is 2. The van der Waals surface area contributed by atoms with Gasteiger partial charge in [0.05, 0.1) is 7.11 Å². The van der Waals surface area contributed by atoms with Crippen LogP contribution in [-0.4, -0.2) is 24.6 Å². The van der Waals surface area contributed by atoms with Gasteiger partial charge in [-0.2, -0.15) is 0 Å². The lowest BCUT2D eigenvalue weighted by Crippen LogP contribution is -1.88. The first-order chi connectivity index (χ1) is 5.73. The van der Waals surface area contributed by atoms with Crippen molar-refractivity contribution in [3.05, 3.63) is 0 Å². The molecule has 0 aliphatic carbocycles. The number of carbonyl (C=O) groups excluding carboxylic acids is 3. The van der Waals surface area contributed by atoms with Crippen LogP contribution in [-0.2, 0) is 19.1 Å². The highest BCUT2D eigenvalue weighted by Gasteiger charge is 1.75. The average Bonchev–Trinajstić information content (AvgIpc) is 1.84. The lowest BCUT2D eigenvalue weighted by Gasteiger charge is -1.80. The molecule has 0 aromatic heterocycles. The number of carbonyl (C=O) groups is 3. The van der Waals surface area contributed by atoms with Crippen molar-refractivity contribution in [1.82, 2.24) is 0 Å². The highest BCUT2D eigenvalue weighted by Crippen LogP contribution is 1.60. The predicted molar refractivity (Wildman–Crippen MR) is 50.4 cm³/mol. The van der Waals surface area contributed by atoms with E-state index in [4.69, 9.17) is 0 Å². The average molecular weight is 190 g/mol. The molecule has 0 amide bonds. The van der Waals surface area contributed by atoms with E-state index in [0.29, 0.717) is 0 Å². The molecular formula is C9H18O4. The molecule has 0 aromatic rings. The first-order valence-electron chi connectivity index (χ1n) is 3.72. The van der Waals surface area contributed by atoms with E-state index in [1.165, 1.54) is 41.7 Å². The summed E-state index contributed by atoms with van der Waals surface area (Å²) in [4.78, 5) is 28.5. The van der Waals surface area contributed by atoms with Crippen molar-refractivity contribution in [1.29, 1.82) is 0 Å². The smallest absolute Gasteiger partial charge is 0.302 e. The van der Waals surface area contributed by atoms with Crippen LogP contribution >= 0.6 is 0 Å². The maximum absolute atomic E-state index is 9.59. The summed E-state index contributed by atoms with van der Waals surface area (Å²) in [6.07, 6.45) is 0. The molecule has 0 N–H and O–H groups in total. The first kappa shape index (κ1) is 17.8. The van der Waals surface area contributed by atoms with Gasteiger partial charge in [0.1, 0.15) is 11.6 Å². The van der Waals surface area contributed by atoms with Gasteiger partial charge in [0.25, 0.3) is 0 Å². The number of hydrogen-bond acceptors (Lipinski definition) is 4. The lowest BCUT2D eigenvalue weighted by molar-refractivity contribution is -0.138. The van der Waals surface area contributed by atoms with E-state index in [1.54, 1.807) is 0 Å². The van der Waals surface area contributed by atoms with Gasteiger partial charge in [0, 0.05) is 6.92 Å². The molecule has 0 radical (unpaired) electrons. The molecule has 0 bridgehead atoms. The van der Waals surface area contributed by atoms with E-state index in [1.807, 2.05) is 0 Å². The summed E-state index contributed by atoms with van der Waals surface area (Å²) in [7, 11) is 1.35. The van der Waals surface area contributed by atoms with Gasteiger partial charge in [0.15, 0.2) is 0 Å². The number of hydrogen-bond donors (Lipinski definition) is 0. The fourth-order valence-corrected chi connectivity index (χ4v) is 0. The van der Waals surface area contributed by atoms with Crippen molar-refractivity contribution < 1.29 is 19.1 Å². The molecule has 13 heavy (non-hydrogen) atoms. The maximum atomic E-state index is 9.59. The Balaban J connectivity index is -0.000000117. The van der Waals surface area contributed by atoms with Crippen molar-refractivity contribution in [3.63, 3.8) is 0 Å². The summed E-state index contributed by atoms with van der Waals surface area (Å²) in [5.74, 6) is 0.0880. The van der Waals surface area contributed by atoms with Gasteiger partial charge in [-0.05, 0) is 27.7 Å². The van der Waals surface area contributed by atoms with Gasteiger partial charge in [-0.15, -0.1) is 0 Å². The Morgan fingerprint density at radius 3 is 0.846 bits per heavy atom. The molecule has 0 aliphatic heterocycles. The standard InChI is InChI=1S/C3H6O2.2C3H6O/c1-3(4)5-2;2*1-3(2)4/h1-2H3;2*1-2H3. The zero-order valence-corrected chi connectivity index (χ0v) is 9.13. The van der Waals surface area contributed by atoms with Gasteiger partial charge < -0.3 is 14.3 Å². The van der Waals surface area contributed by atoms with Crippen LogP contribution in [0.25, 0.3) is 0 Å². The zero-order valence-electron chi connectivity index (χ0n) is 9.13. The van der Waals surface area contributed by atoms with Gasteiger partial charge in [-0.25, -0.2) is 0 Å². The van der Waals surface area contributed by atoms with E-state index in [2.05, 4.69) is 4.74 Å². The van der Waals surface area contributed by atoms with Gasteiger partial charge in [-0.3, -0.25) is 4.79 Å². The van der Waals surface area contributed by atoms with Gasteiger partial charge in [0.2, 0.25) is 0 Å². The molecule has 78 valence electrons. The Labute approximate surface area is 79.3 Å². The molecular weight excluding hydrogens is 172 g/mol. The fraction of sp³-hybridized carbons (Fsp3) is 0.667. The highest BCUT2D eigenvalue weighted by atomic mass is 16.5. The van der Waals surface area contributed by atoms with Crippen LogP contribution < -0.4 is 0 Å². The van der Waals surface area contributed by atoms with E-state index >= 15 is 0 Å². The minimum absolute atomic E-state index is 0.167. The number of ether oxygens (including phenoxy) is 1. The molecule has 4 nitrogen and oxygen atoms in total. The van der Waals surface area contributed by atoms with Crippen molar-refractivity contribution >= 4 is 17.5 Å². The van der Waals surface area contributed by atoms with Crippen LogP contribution in [0.15, 0.2) is 0 Å². The molecule has 0 aliphatic rings. The normalized spacial score (nSPS) is 6.62. The van der Waals surface area contributed by atoms with Crippen LogP contribution in [0.4, 0.5) is 0 Å². The number of methoxy groups -OCH3 is 1. The first-order valence-corrected chi connectivity index (χ1v) is 3.72. The molecule has 0 unspecified atom stereocenters. The van der Waals surface area contributed by atoms with Crippen LogP contribution in [0.5, 0.6) is 0 Å². The van der Waals surface area contributed by atoms with Crippen LogP contribution in [0.3, 0.4) is 0 Å². The van der Waals surface area contributed by atoms with Crippen LogP contribution in [0.2, 0.25) is 0 Å². The van der Waals surface area contributed by atoms with E-state index in [0.717, 1.165) is 0 Å². The quantitative estimate of drug-likeness (QED) is 0.541. The topological polar surface area (TPSA) is 60.4 Å². The Bertz CT molecular complexity index is 141. The van der Waals surface area contributed by atoms with Crippen molar-refractivity contribution in [2.45, 2.75) is 34.6 Å². The summed E-state index contributed by atoms with van der Waals surface area (Å²) in [5, 5.41) is 0. The largest absolute Gasteiger partial charge is 0.469 e. The second-order valence-corrected chi connectivity index (χ2v) is 2.51. The van der Waals surface area contributed by atoms with Crippen molar-refractivity contribution in [2.75, 3.05) is 7.11 Å². The Kier molecular flexibility index (Phi) is 18.3. The fourth-order valence-electron chi connectivity index (χ4n) is 0. The Hall–Kier alpha value is -1.19. The molecule has 4 heteroatoms. The third-order valence-electron chi connectivity index (χ3n) is 0.287.